The molecule has 0 aliphatic carbocycles. The summed E-state index contributed by atoms with van der Waals surface area (Å²) in [5.41, 5.74) is 0.500. The van der Waals surface area contributed by atoms with E-state index in [-0.39, 0.29) is 14.5 Å². The van der Waals surface area contributed by atoms with Crippen LogP contribution in [0.2, 0.25) is 0 Å². The average molecular weight is 183 g/mol. The Morgan fingerprint density at radius 2 is 2.67 bits per heavy atom. The van der Waals surface area contributed by atoms with Gasteiger partial charge in [-0.2, -0.15) is 0 Å². The zero-order valence-electron chi connectivity index (χ0n) is 4.66. The van der Waals surface area contributed by atoms with Gasteiger partial charge in [0.1, 0.15) is 0 Å². The molecule has 0 saturated heterocycles. The first-order valence-electron chi connectivity index (χ1n) is 2.33. The van der Waals surface area contributed by atoms with Crippen molar-refractivity contribution in [3.63, 3.8) is 0 Å². The Labute approximate surface area is 59.2 Å². The summed E-state index contributed by atoms with van der Waals surface area (Å²) < 4.78 is 0.852. The quantitative estimate of drug-likeness (QED) is 0.474. The molecular formula is C6H4N2Se. The Bertz CT molecular complexity index is 243. The predicted molar refractivity (Wildman–Crippen MR) is 35.8 cm³/mol. The zero-order chi connectivity index (χ0) is 6.69. The topological polar surface area (TPSA) is 36.7 Å². The van der Waals surface area contributed by atoms with Gasteiger partial charge in [0, 0.05) is 0 Å². The summed E-state index contributed by atoms with van der Waals surface area (Å²) >= 11 is 0.257. The molecule has 0 saturated carbocycles. The van der Waals surface area contributed by atoms with Crippen LogP contribution in [-0.2, 0) is 0 Å². The fourth-order valence-corrected chi connectivity index (χ4v) is 1.60. The molecule has 0 aromatic carbocycles. The van der Waals surface area contributed by atoms with Gasteiger partial charge in [0.15, 0.2) is 0 Å². The van der Waals surface area contributed by atoms with Crippen molar-refractivity contribution in [2.45, 2.75) is 0 Å². The molecule has 0 spiro atoms. The fraction of sp³-hybridized carbons (Fsp3) is 0. The Morgan fingerprint density at radius 3 is 3.11 bits per heavy atom. The van der Waals surface area contributed by atoms with E-state index in [2.05, 4.69) is 11.6 Å². The molecule has 1 rings (SSSR count). The van der Waals surface area contributed by atoms with Crippen molar-refractivity contribution in [3.8, 4) is 6.07 Å². The van der Waals surface area contributed by atoms with Crippen LogP contribution in [-0.4, -0.2) is 19.5 Å². The van der Waals surface area contributed by atoms with E-state index < -0.39 is 0 Å². The average Bonchev–Trinajstić information content (AvgIpc) is 2.37. The van der Waals surface area contributed by atoms with Crippen molar-refractivity contribution < 1.29 is 0 Å². The van der Waals surface area contributed by atoms with Crippen LogP contribution in [0.25, 0.3) is 5.57 Å². The standard InChI is InChI=1S/C6H4N2Se/c1-5(4-7)6-8-2-3-9-6/h2-3H,1H2. The molecule has 1 heterocycles. The summed E-state index contributed by atoms with van der Waals surface area (Å²) in [7, 11) is 0. The third-order valence-corrected chi connectivity index (χ3v) is 2.57. The monoisotopic (exact) mass is 184 g/mol. The molecular weight excluding hydrogens is 179 g/mol. The van der Waals surface area contributed by atoms with Gasteiger partial charge < -0.3 is 0 Å². The maximum atomic E-state index is 8.35. The van der Waals surface area contributed by atoms with Gasteiger partial charge in [0.05, 0.1) is 0 Å². The fourth-order valence-electron chi connectivity index (χ4n) is 0.420. The number of hydrogen-bond acceptors (Lipinski definition) is 2. The van der Waals surface area contributed by atoms with Crippen LogP contribution >= 0.6 is 0 Å². The van der Waals surface area contributed by atoms with Crippen LogP contribution in [0, 0.1) is 11.3 Å². The summed E-state index contributed by atoms with van der Waals surface area (Å²) in [6.45, 7) is 3.54. The van der Waals surface area contributed by atoms with E-state index in [0.717, 1.165) is 4.57 Å². The van der Waals surface area contributed by atoms with Crippen molar-refractivity contribution in [2.24, 2.45) is 0 Å². The Balaban J connectivity index is 2.93. The molecule has 0 aliphatic heterocycles. The second-order valence-corrected chi connectivity index (χ2v) is 3.30. The summed E-state index contributed by atoms with van der Waals surface area (Å²) in [5.74, 6) is 0. The van der Waals surface area contributed by atoms with Crippen molar-refractivity contribution in [1.29, 1.82) is 5.26 Å². The molecule has 0 fully saturated rings. The van der Waals surface area contributed by atoms with E-state index in [1.165, 1.54) is 0 Å². The van der Waals surface area contributed by atoms with Gasteiger partial charge in [-0.1, -0.05) is 0 Å². The predicted octanol–water partition coefficient (Wildman–Crippen LogP) is 0.675. The molecule has 0 atom stereocenters. The van der Waals surface area contributed by atoms with Gasteiger partial charge in [-0.3, -0.25) is 0 Å². The van der Waals surface area contributed by atoms with E-state index in [4.69, 9.17) is 5.26 Å². The third-order valence-electron chi connectivity index (χ3n) is 0.825. The van der Waals surface area contributed by atoms with E-state index in [1.807, 2.05) is 11.0 Å². The molecule has 0 radical (unpaired) electrons. The van der Waals surface area contributed by atoms with E-state index >= 15 is 0 Å². The summed E-state index contributed by atoms with van der Waals surface area (Å²) in [6.07, 6.45) is 1.72. The summed E-state index contributed by atoms with van der Waals surface area (Å²) in [6, 6.07) is 1.96. The van der Waals surface area contributed by atoms with Crippen molar-refractivity contribution in [3.05, 3.63) is 22.3 Å². The van der Waals surface area contributed by atoms with Gasteiger partial charge in [0.2, 0.25) is 0 Å². The molecule has 3 heteroatoms. The molecule has 0 amide bonds. The third kappa shape index (κ3) is 1.29. The van der Waals surface area contributed by atoms with Crippen LogP contribution in [0.15, 0.2) is 17.7 Å². The number of aromatic nitrogens is 1. The second-order valence-electron chi connectivity index (χ2n) is 1.43. The number of rotatable bonds is 1. The normalized spacial score (nSPS) is 8.33. The SMILES string of the molecule is C=C(C#N)c1ncc[se]1. The molecule has 0 bridgehead atoms. The van der Waals surface area contributed by atoms with Crippen LogP contribution in [0.3, 0.4) is 0 Å². The first-order chi connectivity index (χ1) is 4.34. The molecule has 2 nitrogen and oxygen atoms in total. The molecule has 1 aromatic rings. The van der Waals surface area contributed by atoms with Gasteiger partial charge in [-0.25, -0.2) is 0 Å². The Kier molecular flexibility index (Phi) is 1.84. The van der Waals surface area contributed by atoms with E-state index in [9.17, 15) is 0 Å². The van der Waals surface area contributed by atoms with E-state index in [0.29, 0.717) is 5.57 Å². The minimum absolute atomic E-state index is 0.257. The van der Waals surface area contributed by atoms with Crippen LogP contribution in [0.4, 0.5) is 0 Å². The van der Waals surface area contributed by atoms with E-state index in [1.54, 1.807) is 6.20 Å². The second kappa shape index (κ2) is 2.63. The molecule has 0 aliphatic rings. The number of allylic oxidation sites excluding steroid dienone is 1. The number of nitrogens with zero attached hydrogens (tertiary/aromatic N) is 2. The molecule has 0 unspecified atom stereocenters. The van der Waals surface area contributed by atoms with Crippen molar-refractivity contribution in [1.82, 2.24) is 4.98 Å². The molecule has 0 N–H and O–H groups in total. The first kappa shape index (κ1) is 6.28. The summed E-state index contributed by atoms with van der Waals surface area (Å²) in [4.78, 5) is 5.91. The van der Waals surface area contributed by atoms with Crippen molar-refractivity contribution >= 4 is 20.1 Å². The van der Waals surface area contributed by atoms with Gasteiger partial charge in [0.25, 0.3) is 0 Å². The Hall–Kier alpha value is -0.841. The minimum atomic E-state index is 0.257. The van der Waals surface area contributed by atoms with Gasteiger partial charge >= 0.3 is 58.7 Å². The van der Waals surface area contributed by atoms with Gasteiger partial charge in [-0.05, 0) is 0 Å². The first-order valence-corrected chi connectivity index (χ1v) is 4.18. The van der Waals surface area contributed by atoms with Crippen LogP contribution in [0.5, 0.6) is 0 Å². The molecule has 9 heavy (non-hydrogen) atoms. The van der Waals surface area contributed by atoms with Crippen LogP contribution < -0.4 is 0 Å². The maximum absolute atomic E-state index is 8.35. The molecule has 1 aromatic heterocycles. The summed E-state index contributed by atoms with van der Waals surface area (Å²) in [5, 5.41) is 8.35. The van der Waals surface area contributed by atoms with Crippen LogP contribution in [0.1, 0.15) is 4.57 Å². The Morgan fingerprint density at radius 1 is 1.89 bits per heavy atom. The number of nitriles is 1. The zero-order valence-corrected chi connectivity index (χ0v) is 6.38. The van der Waals surface area contributed by atoms with Gasteiger partial charge in [-0.15, -0.1) is 0 Å². The van der Waals surface area contributed by atoms with Crippen molar-refractivity contribution in [2.75, 3.05) is 0 Å². The molecule has 44 valence electrons. The number of hydrogen-bond donors (Lipinski definition) is 0.